The molecule has 0 amide bonds. The minimum atomic E-state index is -0.388. The first kappa shape index (κ1) is 6.67. The third-order valence-corrected chi connectivity index (χ3v) is 0.769. The highest BCUT2D eigenvalue weighted by Gasteiger charge is 2.01. The number of carbonyl (C=O) groups is 1. The molecule has 1 aliphatic rings. The fourth-order valence-electron chi connectivity index (χ4n) is 0.465. The van der Waals surface area contributed by atoms with Crippen LogP contribution in [-0.4, -0.2) is 5.97 Å². The maximum absolute atomic E-state index is 10.3. The van der Waals surface area contributed by atoms with E-state index in [1.54, 1.807) is 0 Å². The van der Waals surface area contributed by atoms with Crippen LogP contribution in [0.3, 0.4) is 0 Å². The Kier molecular flexibility index (Phi) is 1.94. The molecule has 0 N–H and O–H groups in total. The molecule has 0 radical (unpaired) electrons. The van der Waals surface area contributed by atoms with Gasteiger partial charge in [0.1, 0.15) is 6.26 Å². The molecule has 0 aromatic rings. The molecular formula is C6H6O4. The zero-order valence-electron chi connectivity index (χ0n) is 5.37. The second kappa shape index (κ2) is 2.91. The van der Waals surface area contributed by atoms with Gasteiger partial charge < -0.3 is 4.74 Å². The third-order valence-electron chi connectivity index (χ3n) is 0.769. The number of carbonyl (C=O) groups excluding carboxylic acids is 1. The lowest BCUT2D eigenvalue weighted by molar-refractivity contribution is -0.202. The van der Waals surface area contributed by atoms with Gasteiger partial charge in [0, 0.05) is 13.0 Å². The van der Waals surface area contributed by atoms with Crippen LogP contribution in [0.25, 0.3) is 0 Å². The summed E-state index contributed by atoms with van der Waals surface area (Å²) in [7, 11) is 0. The van der Waals surface area contributed by atoms with Gasteiger partial charge in [0.25, 0.3) is 0 Å². The summed E-state index contributed by atoms with van der Waals surface area (Å²) in [4.78, 5) is 19.0. The van der Waals surface area contributed by atoms with Crippen LogP contribution in [0.4, 0.5) is 0 Å². The third kappa shape index (κ3) is 1.81. The molecule has 0 unspecified atom stereocenters. The quantitative estimate of drug-likeness (QED) is 0.402. The molecule has 0 bridgehead atoms. The molecular weight excluding hydrogens is 136 g/mol. The summed E-state index contributed by atoms with van der Waals surface area (Å²) in [5.41, 5.74) is 0. The highest BCUT2D eigenvalue weighted by atomic mass is 17.2. The smallest absolute Gasteiger partial charge is 0.308 e. The molecule has 0 saturated heterocycles. The number of ether oxygens (including phenoxy) is 1. The first-order valence-electron chi connectivity index (χ1n) is 2.66. The van der Waals surface area contributed by atoms with Crippen molar-refractivity contribution in [2.75, 3.05) is 0 Å². The van der Waals surface area contributed by atoms with Gasteiger partial charge >= 0.3 is 5.97 Å². The molecule has 4 heteroatoms. The van der Waals surface area contributed by atoms with E-state index in [4.69, 9.17) is 0 Å². The molecule has 4 nitrogen and oxygen atoms in total. The molecule has 1 rings (SSSR count). The molecule has 0 aromatic heterocycles. The molecule has 10 heavy (non-hydrogen) atoms. The van der Waals surface area contributed by atoms with Crippen LogP contribution < -0.4 is 0 Å². The average molecular weight is 142 g/mol. The Morgan fingerprint density at radius 1 is 1.60 bits per heavy atom. The van der Waals surface area contributed by atoms with Crippen LogP contribution in [0.15, 0.2) is 24.4 Å². The van der Waals surface area contributed by atoms with Gasteiger partial charge in [-0.05, 0) is 0 Å². The number of esters is 1. The first-order chi connectivity index (χ1) is 4.79. The molecule has 0 aliphatic carbocycles. The molecule has 0 aromatic carbocycles. The van der Waals surface area contributed by atoms with E-state index in [-0.39, 0.29) is 5.97 Å². The van der Waals surface area contributed by atoms with Crippen molar-refractivity contribution in [2.45, 2.75) is 6.92 Å². The molecule has 0 atom stereocenters. The van der Waals surface area contributed by atoms with E-state index in [2.05, 4.69) is 14.5 Å². The predicted molar refractivity (Wildman–Crippen MR) is 31.2 cm³/mol. The fraction of sp³-hybridized carbons (Fsp3) is 0.167. The summed E-state index contributed by atoms with van der Waals surface area (Å²) in [6, 6.07) is 0. The fourth-order valence-corrected chi connectivity index (χ4v) is 0.465. The Balaban J connectivity index is 2.48. The Labute approximate surface area is 57.6 Å². The summed E-state index contributed by atoms with van der Waals surface area (Å²) < 4.78 is 4.62. The van der Waals surface area contributed by atoms with Gasteiger partial charge in [0.15, 0.2) is 12.0 Å². The Morgan fingerprint density at radius 3 is 2.90 bits per heavy atom. The Morgan fingerprint density at radius 2 is 2.40 bits per heavy atom. The Bertz CT molecular complexity index is 192. The maximum Gasteiger partial charge on any atom is 0.308 e. The molecule has 54 valence electrons. The standard InChI is InChI=1S/C6H6O4/c1-5(7)10-6-2-3-8-9-4-6/h2-4H,1H3. The summed E-state index contributed by atoms with van der Waals surface area (Å²) >= 11 is 0. The van der Waals surface area contributed by atoms with Crippen molar-refractivity contribution < 1.29 is 19.3 Å². The van der Waals surface area contributed by atoms with Gasteiger partial charge in [-0.1, -0.05) is 0 Å². The van der Waals surface area contributed by atoms with Gasteiger partial charge in [-0.2, -0.15) is 0 Å². The maximum atomic E-state index is 10.3. The van der Waals surface area contributed by atoms with Crippen LogP contribution in [0.2, 0.25) is 0 Å². The lowest BCUT2D eigenvalue weighted by atomic mass is 10.5. The normalized spacial score (nSPS) is 14.7. The van der Waals surface area contributed by atoms with E-state index < -0.39 is 0 Å². The van der Waals surface area contributed by atoms with E-state index in [0.29, 0.717) is 5.76 Å². The van der Waals surface area contributed by atoms with E-state index in [1.165, 1.54) is 25.5 Å². The second-order valence-electron chi connectivity index (χ2n) is 1.61. The van der Waals surface area contributed by atoms with Gasteiger partial charge in [-0.3, -0.25) is 14.6 Å². The average Bonchev–Trinajstić information content (AvgIpc) is 1.88. The van der Waals surface area contributed by atoms with Crippen LogP contribution >= 0.6 is 0 Å². The van der Waals surface area contributed by atoms with Crippen molar-refractivity contribution in [3.8, 4) is 0 Å². The largest absolute Gasteiger partial charge is 0.423 e. The molecule has 0 fully saturated rings. The molecule has 1 heterocycles. The SMILES string of the molecule is CC(=O)OC1=COOC=C1. The van der Waals surface area contributed by atoms with Crippen LogP contribution in [0, 0.1) is 0 Å². The zero-order chi connectivity index (χ0) is 7.40. The predicted octanol–water partition coefficient (Wildman–Crippen LogP) is 0.866. The summed E-state index contributed by atoms with van der Waals surface area (Å²) in [6.45, 7) is 1.31. The minimum absolute atomic E-state index is 0.332. The summed E-state index contributed by atoms with van der Waals surface area (Å²) in [5, 5.41) is 0. The first-order valence-corrected chi connectivity index (χ1v) is 2.66. The molecule has 0 spiro atoms. The van der Waals surface area contributed by atoms with E-state index >= 15 is 0 Å². The van der Waals surface area contributed by atoms with Gasteiger partial charge in [0.2, 0.25) is 0 Å². The molecule has 0 saturated carbocycles. The summed E-state index contributed by atoms with van der Waals surface area (Å²) in [6.07, 6.45) is 3.95. The van der Waals surface area contributed by atoms with Crippen LogP contribution in [0.1, 0.15) is 6.92 Å². The van der Waals surface area contributed by atoms with Crippen LogP contribution in [0.5, 0.6) is 0 Å². The minimum Gasteiger partial charge on any atom is -0.423 e. The van der Waals surface area contributed by atoms with Crippen molar-refractivity contribution in [1.82, 2.24) is 0 Å². The lowest BCUT2D eigenvalue weighted by Crippen LogP contribution is -1.99. The monoisotopic (exact) mass is 142 g/mol. The number of allylic oxidation sites excluding steroid dienone is 1. The van der Waals surface area contributed by atoms with E-state index in [9.17, 15) is 4.79 Å². The topological polar surface area (TPSA) is 44.8 Å². The van der Waals surface area contributed by atoms with Gasteiger partial charge in [0.05, 0.1) is 0 Å². The van der Waals surface area contributed by atoms with Crippen molar-refractivity contribution >= 4 is 5.97 Å². The van der Waals surface area contributed by atoms with Crippen molar-refractivity contribution in [3.63, 3.8) is 0 Å². The Hall–Kier alpha value is -1.45. The zero-order valence-corrected chi connectivity index (χ0v) is 5.37. The second-order valence-corrected chi connectivity index (χ2v) is 1.61. The van der Waals surface area contributed by atoms with E-state index in [1.807, 2.05) is 0 Å². The lowest BCUT2D eigenvalue weighted by Gasteiger charge is -2.05. The number of hydrogen-bond donors (Lipinski definition) is 0. The van der Waals surface area contributed by atoms with Crippen molar-refractivity contribution in [2.24, 2.45) is 0 Å². The van der Waals surface area contributed by atoms with E-state index in [0.717, 1.165) is 0 Å². The molecule has 1 aliphatic heterocycles. The highest BCUT2D eigenvalue weighted by Crippen LogP contribution is 2.05. The van der Waals surface area contributed by atoms with Crippen molar-refractivity contribution in [1.29, 1.82) is 0 Å². The summed E-state index contributed by atoms with van der Waals surface area (Å²) in [5.74, 6) is -0.0554. The highest BCUT2D eigenvalue weighted by molar-refractivity contribution is 5.67. The number of hydrogen-bond acceptors (Lipinski definition) is 4. The van der Waals surface area contributed by atoms with Crippen molar-refractivity contribution in [3.05, 3.63) is 24.4 Å². The van der Waals surface area contributed by atoms with Crippen LogP contribution in [-0.2, 0) is 19.3 Å². The number of rotatable bonds is 1. The van der Waals surface area contributed by atoms with Gasteiger partial charge in [-0.15, -0.1) is 0 Å². The van der Waals surface area contributed by atoms with Gasteiger partial charge in [-0.25, -0.2) is 0 Å².